The molecular formula is C17H17N5O2S. The molecule has 0 saturated heterocycles. The Balaban J connectivity index is 1.87. The molecule has 3 rings (SSSR count). The van der Waals surface area contributed by atoms with Crippen LogP contribution in [0.25, 0.3) is 5.69 Å². The molecule has 0 aliphatic carbocycles. The van der Waals surface area contributed by atoms with Gasteiger partial charge in [-0.1, -0.05) is 30.0 Å². The lowest BCUT2D eigenvalue weighted by atomic mass is 10.1. The number of hydrogen-bond donors (Lipinski definition) is 0. The van der Waals surface area contributed by atoms with Gasteiger partial charge in [0, 0.05) is 17.4 Å². The summed E-state index contributed by atoms with van der Waals surface area (Å²) in [5.74, 6) is 0. The fraction of sp³-hybridized carbons (Fsp3) is 0.235. The third kappa shape index (κ3) is 3.69. The molecule has 2 aromatic carbocycles. The van der Waals surface area contributed by atoms with Crippen molar-refractivity contribution in [2.45, 2.75) is 31.2 Å². The predicted molar refractivity (Wildman–Crippen MR) is 96.0 cm³/mol. The Bertz CT molecular complexity index is 925. The fourth-order valence-electron chi connectivity index (χ4n) is 2.39. The summed E-state index contributed by atoms with van der Waals surface area (Å²) >= 11 is 1.46. The van der Waals surface area contributed by atoms with E-state index in [0.29, 0.717) is 5.16 Å². The van der Waals surface area contributed by atoms with E-state index < -0.39 is 0 Å². The molecule has 7 nitrogen and oxygen atoms in total. The topological polar surface area (TPSA) is 86.7 Å². The minimum Gasteiger partial charge on any atom is -0.258 e. The summed E-state index contributed by atoms with van der Waals surface area (Å²) in [6.07, 6.45) is 0. The van der Waals surface area contributed by atoms with E-state index in [1.165, 1.54) is 23.4 Å². The summed E-state index contributed by atoms with van der Waals surface area (Å²) in [4.78, 5) is 10.6. The second-order valence-corrected chi connectivity index (χ2v) is 7.06. The average molecular weight is 355 g/mol. The first-order valence-electron chi connectivity index (χ1n) is 7.72. The molecule has 0 bridgehead atoms. The van der Waals surface area contributed by atoms with E-state index in [1.54, 1.807) is 16.8 Å². The van der Waals surface area contributed by atoms with Crippen LogP contribution in [0.5, 0.6) is 0 Å². The fourth-order valence-corrected chi connectivity index (χ4v) is 3.31. The first-order chi connectivity index (χ1) is 12.0. The van der Waals surface area contributed by atoms with Crippen LogP contribution in [-0.2, 0) is 0 Å². The molecule has 8 heteroatoms. The van der Waals surface area contributed by atoms with Crippen LogP contribution in [0.1, 0.15) is 28.9 Å². The Morgan fingerprint density at radius 3 is 2.68 bits per heavy atom. The van der Waals surface area contributed by atoms with E-state index in [0.717, 1.165) is 16.8 Å². The monoisotopic (exact) mass is 355 g/mol. The summed E-state index contributed by atoms with van der Waals surface area (Å²) in [5.41, 5.74) is 4.20. The van der Waals surface area contributed by atoms with Crippen molar-refractivity contribution in [3.05, 3.63) is 69.3 Å². The number of aromatic nitrogens is 4. The molecule has 1 atom stereocenters. The quantitative estimate of drug-likeness (QED) is 0.390. The molecule has 0 saturated carbocycles. The predicted octanol–water partition coefficient (Wildman–Crippen LogP) is 4.04. The van der Waals surface area contributed by atoms with Crippen molar-refractivity contribution in [3.8, 4) is 5.69 Å². The first kappa shape index (κ1) is 17.1. The lowest BCUT2D eigenvalue weighted by Gasteiger charge is -2.12. The smallest absolute Gasteiger partial charge is 0.258 e. The second kappa shape index (κ2) is 7.02. The minimum atomic E-state index is -0.389. The Morgan fingerprint density at radius 2 is 1.96 bits per heavy atom. The number of non-ortho nitro benzene ring substituents is 1. The van der Waals surface area contributed by atoms with Crippen LogP contribution in [0.2, 0.25) is 0 Å². The third-order valence-corrected chi connectivity index (χ3v) is 5.10. The van der Waals surface area contributed by atoms with Crippen LogP contribution in [0.3, 0.4) is 0 Å². The Morgan fingerprint density at radius 1 is 1.16 bits per heavy atom. The van der Waals surface area contributed by atoms with Gasteiger partial charge >= 0.3 is 0 Å². The van der Waals surface area contributed by atoms with Gasteiger partial charge in [-0.15, -0.1) is 5.10 Å². The van der Waals surface area contributed by atoms with E-state index in [1.807, 2.05) is 38.1 Å². The van der Waals surface area contributed by atoms with Crippen molar-refractivity contribution in [1.82, 2.24) is 20.2 Å². The number of thioether (sulfide) groups is 1. The second-order valence-electron chi connectivity index (χ2n) is 5.75. The largest absolute Gasteiger partial charge is 0.269 e. The van der Waals surface area contributed by atoms with Gasteiger partial charge in [-0.25, -0.2) is 0 Å². The van der Waals surface area contributed by atoms with Crippen molar-refractivity contribution in [1.29, 1.82) is 0 Å². The van der Waals surface area contributed by atoms with Crippen LogP contribution >= 0.6 is 11.8 Å². The van der Waals surface area contributed by atoms with Crippen molar-refractivity contribution in [3.63, 3.8) is 0 Å². The van der Waals surface area contributed by atoms with Crippen molar-refractivity contribution >= 4 is 17.4 Å². The number of hydrogen-bond acceptors (Lipinski definition) is 6. The number of nitrogens with zero attached hydrogens (tertiary/aromatic N) is 5. The van der Waals surface area contributed by atoms with Gasteiger partial charge in [-0.2, -0.15) is 4.68 Å². The number of aryl methyl sites for hydroxylation is 2. The molecule has 0 amide bonds. The maximum absolute atomic E-state index is 11.0. The normalized spacial score (nSPS) is 12.1. The Labute approximate surface area is 149 Å². The minimum absolute atomic E-state index is 0.0313. The van der Waals surface area contributed by atoms with E-state index >= 15 is 0 Å². The van der Waals surface area contributed by atoms with Gasteiger partial charge in [-0.05, 0) is 60.0 Å². The summed E-state index contributed by atoms with van der Waals surface area (Å²) in [6, 6.07) is 12.7. The van der Waals surface area contributed by atoms with Gasteiger partial charge in [0.2, 0.25) is 5.16 Å². The Hall–Kier alpha value is -2.74. The molecule has 25 heavy (non-hydrogen) atoms. The molecule has 128 valence electrons. The zero-order valence-corrected chi connectivity index (χ0v) is 14.9. The lowest BCUT2D eigenvalue weighted by molar-refractivity contribution is -0.384. The van der Waals surface area contributed by atoms with Gasteiger partial charge in [0.1, 0.15) is 0 Å². The highest BCUT2D eigenvalue weighted by Gasteiger charge is 2.17. The van der Waals surface area contributed by atoms with Crippen LogP contribution in [0.4, 0.5) is 5.69 Å². The van der Waals surface area contributed by atoms with Crippen molar-refractivity contribution < 1.29 is 4.92 Å². The van der Waals surface area contributed by atoms with Crippen LogP contribution in [0, 0.1) is 24.0 Å². The third-order valence-electron chi connectivity index (χ3n) is 4.01. The maximum atomic E-state index is 11.0. The van der Waals surface area contributed by atoms with Gasteiger partial charge in [0.15, 0.2) is 0 Å². The van der Waals surface area contributed by atoms with Gasteiger partial charge in [-0.3, -0.25) is 10.1 Å². The van der Waals surface area contributed by atoms with E-state index in [4.69, 9.17) is 0 Å². The van der Waals surface area contributed by atoms with Crippen molar-refractivity contribution in [2.75, 3.05) is 0 Å². The number of nitro groups is 1. The highest BCUT2D eigenvalue weighted by molar-refractivity contribution is 7.99. The summed E-state index contributed by atoms with van der Waals surface area (Å²) < 4.78 is 1.69. The van der Waals surface area contributed by atoms with Crippen LogP contribution < -0.4 is 0 Å². The van der Waals surface area contributed by atoms with Gasteiger partial charge in [0.05, 0.1) is 10.6 Å². The molecule has 0 aliphatic rings. The zero-order chi connectivity index (χ0) is 18.0. The number of tetrazole rings is 1. The molecule has 0 N–H and O–H groups in total. The van der Waals surface area contributed by atoms with E-state index in [2.05, 4.69) is 22.4 Å². The zero-order valence-electron chi connectivity index (χ0n) is 14.1. The van der Waals surface area contributed by atoms with E-state index in [-0.39, 0.29) is 15.9 Å². The highest BCUT2D eigenvalue weighted by Crippen LogP contribution is 2.35. The average Bonchev–Trinajstić information content (AvgIpc) is 3.05. The molecule has 3 aromatic rings. The molecule has 0 aliphatic heterocycles. The maximum Gasteiger partial charge on any atom is 0.269 e. The molecule has 0 radical (unpaired) electrons. The van der Waals surface area contributed by atoms with Gasteiger partial charge < -0.3 is 0 Å². The van der Waals surface area contributed by atoms with Crippen LogP contribution in [-0.4, -0.2) is 25.1 Å². The Kier molecular flexibility index (Phi) is 4.80. The number of benzene rings is 2. The molecule has 1 heterocycles. The van der Waals surface area contributed by atoms with Gasteiger partial charge in [0.25, 0.3) is 5.69 Å². The SMILES string of the molecule is Cc1ccc(-n2nnnc2S[C@H](C)c2cccc([N+](=O)[O-])c2)cc1C. The molecule has 1 aromatic heterocycles. The van der Waals surface area contributed by atoms with Crippen LogP contribution in [0.15, 0.2) is 47.6 Å². The highest BCUT2D eigenvalue weighted by atomic mass is 32.2. The number of rotatable bonds is 5. The molecule has 0 unspecified atom stereocenters. The first-order valence-corrected chi connectivity index (χ1v) is 8.60. The standard InChI is InChI=1S/C17H17N5O2S/c1-11-7-8-15(9-12(11)2)21-17(18-19-20-21)25-13(3)14-5-4-6-16(10-14)22(23)24/h4-10,13H,1-3H3/t13-/m1/s1. The van der Waals surface area contributed by atoms with Crippen molar-refractivity contribution in [2.24, 2.45) is 0 Å². The molecule has 0 fully saturated rings. The molecule has 0 spiro atoms. The summed E-state index contributed by atoms with van der Waals surface area (Å²) in [7, 11) is 0. The lowest BCUT2D eigenvalue weighted by Crippen LogP contribution is -2.01. The summed E-state index contributed by atoms with van der Waals surface area (Å²) in [5, 5.41) is 23.5. The summed E-state index contributed by atoms with van der Waals surface area (Å²) in [6.45, 7) is 6.07. The van der Waals surface area contributed by atoms with E-state index in [9.17, 15) is 10.1 Å². The number of nitro benzene ring substituents is 1. The molecular weight excluding hydrogens is 338 g/mol.